The number of thioether (sulfide) groups is 1. The molecule has 0 aromatic carbocycles. The summed E-state index contributed by atoms with van der Waals surface area (Å²) in [7, 11) is 1.48. The van der Waals surface area contributed by atoms with Gasteiger partial charge in [-0.25, -0.2) is 4.79 Å². The van der Waals surface area contributed by atoms with Gasteiger partial charge in [0.1, 0.15) is 11.4 Å². The van der Waals surface area contributed by atoms with Crippen LogP contribution in [0, 0.1) is 0 Å². The molecule has 2 fully saturated rings. The molecule has 0 saturated carbocycles. The van der Waals surface area contributed by atoms with E-state index < -0.39 is 17.0 Å². The van der Waals surface area contributed by atoms with Crippen molar-refractivity contribution in [3.05, 3.63) is 26.4 Å². The molecule has 4 heterocycles. The van der Waals surface area contributed by atoms with E-state index in [4.69, 9.17) is 19.9 Å². The summed E-state index contributed by atoms with van der Waals surface area (Å²) in [6.07, 6.45) is 1.99. The van der Waals surface area contributed by atoms with Crippen LogP contribution in [0.4, 0.5) is 11.8 Å². The summed E-state index contributed by atoms with van der Waals surface area (Å²) in [5.74, 6) is -0.0670. The fraction of sp³-hybridized carbons (Fsp3) is 0.650. The predicted molar refractivity (Wildman–Crippen MR) is 125 cm³/mol. The number of aromatic amines is 1. The van der Waals surface area contributed by atoms with E-state index in [-0.39, 0.29) is 36.4 Å². The van der Waals surface area contributed by atoms with Gasteiger partial charge in [-0.1, -0.05) is 11.8 Å². The van der Waals surface area contributed by atoms with Gasteiger partial charge in [0.25, 0.3) is 5.56 Å². The van der Waals surface area contributed by atoms with Crippen LogP contribution in [-0.2, 0) is 27.3 Å². The van der Waals surface area contributed by atoms with Gasteiger partial charge in [-0.05, 0) is 12.8 Å². The Hall–Kier alpha value is -2.68. The molecule has 0 bridgehead atoms. The summed E-state index contributed by atoms with van der Waals surface area (Å²) in [6, 6.07) is 0. The van der Waals surface area contributed by atoms with Crippen LogP contribution in [0.1, 0.15) is 23.2 Å². The molecule has 13 nitrogen and oxygen atoms in total. The SMILES string of the molecule is COCCn1c(N)c(C(=O)CSc2nnc(N3CCOCC3)n2CC2CCCO2)c(=O)[nH]c1=O. The fourth-order valence-corrected chi connectivity index (χ4v) is 4.82. The summed E-state index contributed by atoms with van der Waals surface area (Å²) in [6.45, 7) is 4.22. The number of carbonyl (C=O) groups is 1. The lowest BCUT2D eigenvalue weighted by molar-refractivity contribution is 0.0942. The summed E-state index contributed by atoms with van der Waals surface area (Å²) in [5, 5.41) is 9.23. The van der Waals surface area contributed by atoms with Gasteiger partial charge in [0.2, 0.25) is 5.95 Å². The Balaban J connectivity index is 1.55. The molecule has 3 N–H and O–H groups in total. The first-order chi connectivity index (χ1) is 16.5. The number of hydrogen-bond acceptors (Lipinski definition) is 11. The van der Waals surface area contributed by atoms with Crippen LogP contribution in [-0.4, -0.2) is 88.6 Å². The third-order valence-electron chi connectivity index (χ3n) is 5.77. The molecule has 1 unspecified atom stereocenters. The number of ketones is 1. The molecule has 0 aliphatic carbocycles. The van der Waals surface area contributed by atoms with Crippen LogP contribution < -0.4 is 21.9 Å². The summed E-state index contributed by atoms with van der Waals surface area (Å²) in [5.41, 5.74) is 4.28. The minimum Gasteiger partial charge on any atom is -0.384 e. The first-order valence-electron chi connectivity index (χ1n) is 11.1. The number of ether oxygens (including phenoxy) is 3. The number of Topliss-reactive ketones (excluding diaryl/α,β-unsaturated/α-hetero) is 1. The summed E-state index contributed by atoms with van der Waals surface area (Å²) < 4.78 is 19.3. The first kappa shape index (κ1) is 24.4. The van der Waals surface area contributed by atoms with Gasteiger partial charge in [0.05, 0.1) is 44.8 Å². The number of nitrogens with two attached hydrogens (primary N) is 1. The Morgan fingerprint density at radius 2 is 2.03 bits per heavy atom. The van der Waals surface area contributed by atoms with E-state index >= 15 is 0 Å². The van der Waals surface area contributed by atoms with Crippen molar-refractivity contribution in [2.75, 3.05) is 63.0 Å². The van der Waals surface area contributed by atoms with Crippen LogP contribution in [0.3, 0.4) is 0 Å². The lowest BCUT2D eigenvalue weighted by Gasteiger charge is -2.28. The summed E-state index contributed by atoms with van der Waals surface area (Å²) in [4.78, 5) is 41.7. The highest BCUT2D eigenvalue weighted by molar-refractivity contribution is 7.99. The van der Waals surface area contributed by atoms with E-state index in [1.54, 1.807) is 0 Å². The van der Waals surface area contributed by atoms with E-state index in [1.165, 1.54) is 18.9 Å². The number of nitrogens with one attached hydrogen (secondary N) is 1. The molecule has 2 saturated heterocycles. The van der Waals surface area contributed by atoms with Gasteiger partial charge in [0, 0.05) is 26.8 Å². The molecule has 4 rings (SSSR count). The highest BCUT2D eigenvalue weighted by Crippen LogP contribution is 2.26. The second-order valence-corrected chi connectivity index (χ2v) is 8.95. The molecule has 1 atom stereocenters. The fourth-order valence-electron chi connectivity index (χ4n) is 4.00. The van der Waals surface area contributed by atoms with Gasteiger partial charge < -0.3 is 24.8 Å². The Morgan fingerprint density at radius 1 is 1.24 bits per heavy atom. The van der Waals surface area contributed by atoms with Crippen LogP contribution in [0.15, 0.2) is 14.7 Å². The zero-order chi connectivity index (χ0) is 24.1. The van der Waals surface area contributed by atoms with Gasteiger partial charge in [0.15, 0.2) is 10.9 Å². The first-order valence-corrected chi connectivity index (χ1v) is 12.1. The number of nitrogens with zero attached hydrogens (tertiary/aromatic N) is 5. The number of nitrogen functional groups attached to an aromatic ring is 1. The number of hydrogen-bond donors (Lipinski definition) is 2. The highest BCUT2D eigenvalue weighted by Gasteiger charge is 2.26. The highest BCUT2D eigenvalue weighted by atomic mass is 32.2. The monoisotopic (exact) mass is 495 g/mol. The standard InChI is InChI=1S/C20H29N7O6S/c1-31-8-6-26-16(21)15(17(29)22-19(26)30)14(28)12-34-20-24-23-18(25-4-9-32-10-5-25)27(20)11-13-3-2-7-33-13/h13H,2-12,21H2,1H3,(H,22,29,30). The number of anilines is 2. The van der Waals surface area contributed by atoms with Crippen LogP contribution in [0.2, 0.25) is 0 Å². The van der Waals surface area contributed by atoms with E-state index in [9.17, 15) is 14.4 Å². The van der Waals surface area contributed by atoms with Gasteiger partial charge in [-0.15, -0.1) is 10.2 Å². The molecular formula is C20H29N7O6S. The average Bonchev–Trinajstić information content (AvgIpc) is 3.48. The molecule has 14 heteroatoms. The zero-order valence-corrected chi connectivity index (χ0v) is 19.8. The lowest BCUT2D eigenvalue weighted by atomic mass is 10.2. The molecule has 0 amide bonds. The Kier molecular flexibility index (Phi) is 8.03. The second-order valence-electron chi connectivity index (χ2n) is 8.00. The normalized spacial score (nSPS) is 18.5. The van der Waals surface area contributed by atoms with E-state index in [0.29, 0.717) is 44.0 Å². The minimum atomic E-state index is -0.809. The van der Waals surface area contributed by atoms with Crippen molar-refractivity contribution in [1.29, 1.82) is 0 Å². The van der Waals surface area contributed by atoms with Crippen molar-refractivity contribution in [2.24, 2.45) is 0 Å². The maximum atomic E-state index is 13.0. The van der Waals surface area contributed by atoms with E-state index in [1.807, 2.05) is 4.57 Å². The predicted octanol–water partition coefficient (Wildman–Crippen LogP) is -0.653. The molecule has 0 radical (unpaired) electrons. The number of carbonyl (C=O) groups excluding carboxylic acids is 1. The van der Waals surface area contributed by atoms with Crippen LogP contribution in [0.5, 0.6) is 0 Å². The number of H-pyrrole nitrogens is 1. The molecule has 34 heavy (non-hydrogen) atoms. The second kappa shape index (κ2) is 11.2. The Morgan fingerprint density at radius 3 is 2.74 bits per heavy atom. The average molecular weight is 496 g/mol. The van der Waals surface area contributed by atoms with Gasteiger partial charge in [-0.2, -0.15) is 0 Å². The smallest absolute Gasteiger partial charge is 0.330 e. The van der Waals surface area contributed by atoms with Crippen molar-refractivity contribution >= 4 is 29.3 Å². The molecule has 2 aromatic rings. The Labute approximate surface area is 199 Å². The van der Waals surface area contributed by atoms with E-state index in [0.717, 1.165) is 24.0 Å². The molecule has 186 valence electrons. The molecule has 2 aliphatic heterocycles. The number of morpholine rings is 1. The number of rotatable bonds is 10. The van der Waals surface area contributed by atoms with Gasteiger partial charge >= 0.3 is 5.69 Å². The van der Waals surface area contributed by atoms with Crippen molar-refractivity contribution < 1.29 is 19.0 Å². The van der Waals surface area contributed by atoms with Crippen molar-refractivity contribution in [3.63, 3.8) is 0 Å². The topological polar surface area (TPSA) is 160 Å². The third kappa shape index (κ3) is 5.35. The summed E-state index contributed by atoms with van der Waals surface area (Å²) >= 11 is 1.17. The zero-order valence-electron chi connectivity index (χ0n) is 19.0. The molecular weight excluding hydrogens is 466 g/mol. The maximum absolute atomic E-state index is 13.0. The van der Waals surface area contributed by atoms with Crippen molar-refractivity contribution in [3.8, 4) is 0 Å². The van der Waals surface area contributed by atoms with Gasteiger partial charge in [-0.3, -0.25) is 23.7 Å². The van der Waals surface area contributed by atoms with Crippen molar-refractivity contribution in [2.45, 2.75) is 37.2 Å². The largest absolute Gasteiger partial charge is 0.384 e. The maximum Gasteiger partial charge on any atom is 0.330 e. The number of methoxy groups -OCH3 is 1. The van der Waals surface area contributed by atoms with E-state index in [2.05, 4.69) is 20.1 Å². The lowest BCUT2D eigenvalue weighted by Crippen LogP contribution is -2.38. The van der Waals surface area contributed by atoms with Crippen molar-refractivity contribution in [1.82, 2.24) is 24.3 Å². The quantitative estimate of drug-likeness (QED) is 0.318. The Bertz CT molecular complexity index is 1120. The minimum absolute atomic E-state index is 0.0497. The molecule has 2 aliphatic rings. The number of aromatic nitrogens is 5. The van der Waals surface area contributed by atoms with Crippen LogP contribution in [0.25, 0.3) is 0 Å². The third-order valence-corrected chi connectivity index (χ3v) is 6.74. The van der Waals surface area contributed by atoms with Crippen LogP contribution >= 0.6 is 11.8 Å². The molecule has 0 spiro atoms. The molecule has 2 aromatic heterocycles.